The lowest BCUT2D eigenvalue weighted by molar-refractivity contribution is -0.140. The molecule has 0 saturated carbocycles. The second-order valence-corrected chi connectivity index (χ2v) is 3.83. The summed E-state index contributed by atoms with van der Waals surface area (Å²) in [6.45, 7) is 0.186. The summed E-state index contributed by atoms with van der Waals surface area (Å²) in [5, 5.41) is 17.3. The number of carboxylic acid groups (broad SMARTS) is 1. The van der Waals surface area contributed by atoms with Gasteiger partial charge in [0, 0.05) is 13.2 Å². The molecule has 0 fully saturated rings. The molecule has 1 heterocycles. The average molecular weight is 269 g/mol. The lowest BCUT2D eigenvalue weighted by Crippen LogP contribution is -2.47. The van der Waals surface area contributed by atoms with Crippen molar-refractivity contribution in [2.45, 2.75) is 19.0 Å². The molecule has 9 heteroatoms. The van der Waals surface area contributed by atoms with Crippen molar-refractivity contribution in [3.8, 4) is 0 Å². The van der Waals surface area contributed by atoms with E-state index in [4.69, 9.17) is 10.8 Å². The molecule has 0 unspecified atom stereocenters. The Morgan fingerprint density at radius 1 is 1.53 bits per heavy atom. The van der Waals surface area contributed by atoms with Gasteiger partial charge in [0.05, 0.1) is 18.7 Å². The Morgan fingerprint density at radius 3 is 2.68 bits per heavy atom. The molecule has 0 aliphatic carbocycles. The molecule has 1 atom stereocenters. The van der Waals surface area contributed by atoms with E-state index in [0.29, 0.717) is 0 Å². The fraction of sp³-hybridized carbons (Fsp3) is 0.400. The lowest BCUT2D eigenvalue weighted by Gasteiger charge is -2.13. The minimum absolute atomic E-state index is 0.186. The van der Waals surface area contributed by atoms with E-state index in [1.165, 1.54) is 0 Å². The van der Waals surface area contributed by atoms with Crippen LogP contribution in [0.3, 0.4) is 0 Å². The summed E-state index contributed by atoms with van der Waals surface area (Å²) in [5.41, 5.74) is 5.64. The number of nitrogens with one attached hydrogen (secondary N) is 2. The molecule has 19 heavy (non-hydrogen) atoms. The van der Waals surface area contributed by atoms with Crippen LogP contribution < -0.4 is 16.4 Å². The Kier molecular flexibility index (Phi) is 4.86. The molecule has 0 aliphatic heterocycles. The van der Waals surface area contributed by atoms with E-state index in [-0.39, 0.29) is 6.54 Å². The number of carboxylic acids is 1. The molecule has 0 saturated heterocycles. The Hall–Kier alpha value is -2.58. The van der Waals surface area contributed by atoms with Crippen LogP contribution >= 0.6 is 0 Å². The average Bonchev–Trinajstić information content (AvgIpc) is 2.70. The maximum Gasteiger partial charge on any atom is 0.326 e. The van der Waals surface area contributed by atoms with E-state index in [0.717, 1.165) is 5.69 Å². The largest absolute Gasteiger partial charge is 0.480 e. The molecule has 0 spiro atoms. The molecule has 1 rings (SSSR count). The second-order valence-electron chi connectivity index (χ2n) is 3.83. The molecular weight excluding hydrogens is 254 g/mol. The lowest BCUT2D eigenvalue weighted by atomic mass is 10.2. The van der Waals surface area contributed by atoms with Crippen LogP contribution in [0.4, 0.5) is 4.79 Å². The summed E-state index contributed by atoms with van der Waals surface area (Å²) >= 11 is 0. The molecular formula is C10H15N5O4. The van der Waals surface area contributed by atoms with Crippen LogP contribution in [0.25, 0.3) is 0 Å². The van der Waals surface area contributed by atoms with Gasteiger partial charge in [-0.15, -0.1) is 0 Å². The number of aliphatic carboxylic acids is 1. The summed E-state index contributed by atoms with van der Waals surface area (Å²) in [6, 6.07) is -0.336. The van der Waals surface area contributed by atoms with Crippen LogP contribution in [-0.2, 0) is 23.2 Å². The normalized spacial score (nSPS) is 11.6. The molecule has 1 aromatic heterocycles. The van der Waals surface area contributed by atoms with Crippen molar-refractivity contribution in [3.63, 3.8) is 0 Å². The molecule has 1 aromatic rings. The van der Waals surface area contributed by atoms with Crippen molar-refractivity contribution < 1.29 is 19.5 Å². The second kappa shape index (κ2) is 6.38. The number of hydrogen-bond acceptors (Lipinski definition) is 4. The number of carbonyl (C=O) groups is 3. The third kappa shape index (κ3) is 4.66. The Balaban J connectivity index is 2.47. The fourth-order valence-electron chi connectivity index (χ4n) is 1.36. The predicted molar refractivity (Wildman–Crippen MR) is 63.8 cm³/mol. The zero-order valence-corrected chi connectivity index (χ0v) is 10.3. The van der Waals surface area contributed by atoms with Crippen molar-refractivity contribution in [1.29, 1.82) is 0 Å². The Bertz CT molecular complexity index is 484. The number of primary amides is 1. The monoisotopic (exact) mass is 269 g/mol. The maximum absolute atomic E-state index is 11.5. The third-order valence-corrected chi connectivity index (χ3v) is 2.36. The van der Waals surface area contributed by atoms with E-state index in [1.807, 2.05) is 0 Å². The standard InChI is InChI=1S/C10H15N5O4/c1-15-6(2-3-13-15)5-12-10(19)14-7(9(17)18)4-8(11)16/h2-3,7H,4-5H2,1H3,(H2,11,16)(H,17,18)(H2,12,14,19)/t7-/m1/s1. The number of nitrogens with two attached hydrogens (primary N) is 1. The summed E-state index contributed by atoms with van der Waals surface area (Å²) in [7, 11) is 1.71. The number of nitrogens with zero attached hydrogens (tertiary/aromatic N) is 2. The summed E-state index contributed by atoms with van der Waals surface area (Å²) in [4.78, 5) is 32.9. The highest BCUT2D eigenvalue weighted by atomic mass is 16.4. The van der Waals surface area contributed by atoms with Gasteiger partial charge in [0.25, 0.3) is 0 Å². The molecule has 104 valence electrons. The van der Waals surface area contributed by atoms with Crippen molar-refractivity contribution in [2.75, 3.05) is 0 Å². The molecule has 0 radical (unpaired) electrons. The van der Waals surface area contributed by atoms with E-state index in [1.54, 1.807) is 24.0 Å². The van der Waals surface area contributed by atoms with Gasteiger partial charge in [0.2, 0.25) is 5.91 Å². The van der Waals surface area contributed by atoms with Gasteiger partial charge in [0.15, 0.2) is 0 Å². The van der Waals surface area contributed by atoms with E-state index < -0.39 is 30.4 Å². The molecule has 0 aliphatic rings. The highest BCUT2D eigenvalue weighted by Crippen LogP contribution is 1.96. The number of aryl methyl sites for hydroxylation is 1. The zero-order valence-electron chi connectivity index (χ0n) is 10.3. The number of urea groups is 1. The van der Waals surface area contributed by atoms with Gasteiger partial charge in [-0.1, -0.05) is 0 Å². The molecule has 3 amide bonds. The van der Waals surface area contributed by atoms with Crippen molar-refractivity contribution in [2.24, 2.45) is 12.8 Å². The van der Waals surface area contributed by atoms with Crippen LogP contribution in [0.5, 0.6) is 0 Å². The summed E-state index contributed by atoms with van der Waals surface area (Å²) < 4.78 is 1.57. The van der Waals surface area contributed by atoms with Gasteiger partial charge < -0.3 is 21.5 Å². The molecule has 0 aromatic carbocycles. The highest BCUT2D eigenvalue weighted by Gasteiger charge is 2.21. The molecule has 5 N–H and O–H groups in total. The van der Waals surface area contributed by atoms with Crippen LogP contribution in [-0.4, -0.2) is 38.8 Å². The van der Waals surface area contributed by atoms with Crippen molar-refractivity contribution in [3.05, 3.63) is 18.0 Å². The minimum atomic E-state index is -1.34. The van der Waals surface area contributed by atoms with Gasteiger partial charge >= 0.3 is 12.0 Å². The van der Waals surface area contributed by atoms with Crippen molar-refractivity contribution >= 4 is 17.9 Å². The van der Waals surface area contributed by atoms with Gasteiger partial charge in [-0.05, 0) is 6.07 Å². The Labute approximate surface area is 108 Å². The fourth-order valence-corrected chi connectivity index (χ4v) is 1.36. The zero-order chi connectivity index (χ0) is 14.4. The summed E-state index contributed by atoms with van der Waals surface area (Å²) in [6.07, 6.45) is 1.11. The first-order valence-electron chi connectivity index (χ1n) is 5.42. The van der Waals surface area contributed by atoms with E-state index in [2.05, 4.69) is 15.7 Å². The summed E-state index contributed by atoms with van der Waals surface area (Å²) in [5.74, 6) is -2.13. The molecule has 0 bridgehead atoms. The number of carbonyl (C=O) groups excluding carboxylic acids is 2. The number of rotatable bonds is 6. The van der Waals surface area contributed by atoms with Crippen LogP contribution in [0.15, 0.2) is 12.3 Å². The quantitative estimate of drug-likeness (QED) is 0.500. The van der Waals surface area contributed by atoms with E-state index >= 15 is 0 Å². The SMILES string of the molecule is Cn1nccc1CNC(=O)N[C@H](CC(N)=O)C(=O)O. The van der Waals surface area contributed by atoms with Crippen LogP contribution in [0.1, 0.15) is 12.1 Å². The van der Waals surface area contributed by atoms with Gasteiger partial charge in [0.1, 0.15) is 6.04 Å². The number of amides is 3. The predicted octanol–water partition coefficient (Wildman–Crippen LogP) is -1.45. The first-order chi connectivity index (χ1) is 8.90. The maximum atomic E-state index is 11.5. The third-order valence-electron chi connectivity index (χ3n) is 2.36. The first-order valence-corrected chi connectivity index (χ1v) is 5.42. The van der Waals surface area contributed by atoms with Gasteiger partial charge in [-0.25, -0.2) is 9.59 Å². The van der Waals surface area contributed by atoms with Crippen LogP contribution in [0.2, 0.25) is 0 Å². The van der Waals surface area contributed by atoms with Gasteiger partial charge in [-0.3, -0.25) is 9.48 Å². The number of hydrogen-bond donors (Lipinski definition) is 4. The minimum Gasteiger partial charge on any atom is -0.480 e. The number of aromatic nitrogens is 2. The van der Waals surface area contributed by atoms with Crippen LogP contribution in [0, 0.1) is 0 Å². The highest BCUT2D eigenvalue weighted by molar-refractivity contribution is 5.87. The Morgan fingerprint density at radius 2 is 2.21 bits per heavy atom. The molecule has 9 nitrogen and oxygen atoms in total. The van der Waals surface area contributed by atoms with Gasteiger partial charge in [-0.2, -0.15) is 5.10 Å². The first kappa shape index (κ1) is 14.5. The smallest absolute Gasteiger partial charge is 0.326 e. The van der Waals surface area contributed by atoms with Crippen molar-refractivity contribution in [1.82, 2.24) is 20.4 Å². The van der Waals surface area contributed by atoms with E-state index in [9.17, 15) is 14.4 Å². The topological polar surface area (TPSA) is 139 Å².